The highest BCUT2D eigenvalue weighted by Gasteiger charge is 2.30. The fourth-order valence-electron chi connectivity index (χ4n) is 1.28. The Kier molecular flexibility index (Phi) is 5.15. The van der Waals surface area contributed by atoms with Gasteiger partial charge in [-0.15, -0.1) is 0 Å². The Morgan fingerprint density at radius 2 is 2.05 bits per heavy atom. The highest BCUT2D eigenvalue weighted by atomic mass is 19.4. The van der Waals surface area contributed by atoms with E-state index in [1.165, 1.54) is 18.2 Å². The summed E-state index contributed by atoms with van der Waals surface area (Å²) in [5.74, 6) is -0.350. The molecule has 0 aliphatic heterocycles. The van der Waals surface area contributed by atoms with Crippen LogP contribution in [0.5, 0.6) is 0 Å². The minimum absolute atomic E-state index is 0.214. The molecule has 0 saturated carbocycles. The summed E-state index contributed by atoms with van der Waals surface area (Å²) in [4.78, 5) is 11.3. The number of halogens is 3. The van der Waals surface area contributed by atoms with E-state index in [4.69, 9.17) is 4.74 Å². The summed E-state index contributed by atoms with van der Waals surface area (Å²) in [6.07, 6.45) is -1.96. The van der Waals surface area contributed by atoms with Crippen molar-refractivity contribution in [1.29, 1.82) is 0 Å². The molecule has 0 bridgehead atoms. The molecular weight excluding hydrogens is 257 g/mol. The van der Waals surface area contributed by atoms with Crippen molar-refractivity contribution in [2.45, 2.75) is 20.0 Å². The van der Waals surface area contributed by atoms with Gasteiger partial charge in [0.1, 0.15) is 0 Å². The van der Waals surface area contributed by atoms with E-state index in [-0.39, 0.29) is 12.5 Å². The summed E-state index contributed by atoms with van der Waals surface area (Å²) in [5, 5.41) is 0. The molecule has 19 heavy (non-hydrogen) atoms. The van der Waals surface area contributed by atoms with Crippen LogP contribution in [0.3, 0.4) is 0 Å². The highest BCUT2D eigenvalue weighted by Crippen LogP contribution is 2.29. The first-order valence-electron chi connectivity index (χ1n) is 5.81. The zero-order valence-corrected chi connectivity index (χ0v) is 10.7. The van der Waals surface area contributed by atoms with Gasteiger partial charge in [-0.3, -0.25) is 0 Å². The van der Waals surface area contributed by atoms with Gasteiger partial charge in [-0.2, -0.15) is 13.2 Å². The van der Waals surface area contributed by atoms with Gasteiger partial charge in [-0.1, -0.05) is 26.0 Å². The lowest BCUT2D eigenvalue weighted by Crippen LogP contribution is -2.07. The zero-order valence-electron chi connectivity index (χ0n) is 10.7. The lowest BCUT2D eigenvalue weighted by molar-refractivity contribution is -0.139. The average molecular weight is 272 g/mol. The summed E-state index contributed by atoms with van der Waals surface area (Å²) in [6.45, 7) is 4.07. The first-order chi connectivity index (χ1) is 8.79. The van der Waals surface area contributed by atoms with E-state index in [1.54, 1.807) is 0 Å². The van der Waals surface area contributed by atoms with Crippen molar-refractivity contribution in [3.63, 3.8) is 0 Å². The third kappa shape index (κ3) is 5.59. The van der Waals surface area contributed by atoms with Crippen molar-refractivity contribution in [3.05, 3.63) is 41.5 Å². The van der Waals surface area contributed by atoms with Gasteiger partial charge in [0.05, 0.1) is 12.2 Å². The fourth-order valence-corrected chi connectivity index (χ4v) is 1.28. The fraction of sp³-hybridized carbons (Fsp3) is 0.357. The second kappa shape index (κ2) is 6.41. The Labute approximate surface area is 109 Å². The third-order valence-electron chi connectivity index (χ3n) is 2.18. The van der Waals surface area contributed by atoms with Gasteiger partial charge in [0.25, 0.3) is 0 Å². The minimum atomic E-state index is -4.39. The molecule has 0 amide bonds. The van der Waals surface area contributed by atoms with Crippen molar-refractivity contribution in [2.24, 2.45) is 5.92 Å². The smallest absolute Gasteiger partial charge is 0.416 e. The first-order valence-corrected chi connectivity index (χ1v) is 5.81. The predicted molar refractivity (Wildman–Crippen MR) is 66.3 cm³/mol. The molecule has 0 heterocycles. The Morgan fingerprint density at radius 3 is 2.63 bits per heavy atom. The van der Waals surface area contributed by atoms with Gasteiger partial charge in [0.15, 0.2) is 0 Å². The molecule has 0 aliphatic rings. The SMILES string of the molecule is CC(C)COC(=O)/C=C/c1cccc(C(F)(F)F)c1. The van der Waals surface area contributed by atoms with Gasteiger partial charge in [0.2, 0.25) is 0 Å². The number of benzene rings is 1. The quantitative estimate of drug-likeness (QED) is 0.613. The van der Waals surface area contributed by atoms with Crippen molar-refractivity contribution >= 4 is 12.0 Å². The molecule has 1 rings (SSSR count). The molecular formula is C14H15F3O2. The van der Waals surface area contributed by atoms with Crippen molar-refractivity contribution in [1.82, 2.24) is 0 Å². The van der Waals surface area contributed by atoms with E-state index < -0.39 is 17.7 Å². The lowest BCUT2D eigenvalue weighted by Gasteiger charge is -2.07. The monoisotopic (exact) mass is 272 g/mol. The van der Waals surface area contributed by atoms with Crippen LogP contribution in [0.25, 0.3) is 6.08 Å². The summed E-state index contributed by atoms with van der Waals surface area (Å²) in [5.41, 5.74) is -0.443. The van der Waals surface area contributed by atoms with E-state index in [9.17, 15) is 18.0 Å². The molecule has 0 saturated heterocycles. The maximum Gasteiger partial charge on any atom is 0.416 e. The molecule has 0 aromatic heterocycles. The van der Waals surface area contributed by atoms with Crippen LogP contribution in [0.2, 0.25) is 0 Å². The third-order valence-corrected chi connectivity index (χ3v) is 2.18. The number of esters is 1. The number of carbonyl (C=O) groups excluding carboxylic acids is 1. The molecule has 0 fully saturated rings. The molecule has 1 aromatic rings. The molecule has 1 aromatic carbocycles. The van der Waals surface area contributed by atoms with E-state index in [0.717, 1.165) is 18.2 Å². The molecule has 0 aliphatic carbocycles. The standard InChI is InChI=1S/C14H15F3O2/c1-10(2)9-19-13(18)7-6-11-4-3-5-12(8-11)14(15,16)17/h3-8,10H,9H2,1-2H3/b7-6+. The maximum atomic E-state index is 12.5. The second-order valence-electron chi connectivity index (χ2n) is 4.48. The van der Waals surface area contributed by atoms with Crippen LogP contribution < -0.4 is 0 Å². The Morgan fingerprint density at radius 1 is 1.37 bits per heavy atom. The number of rotatable bonds is 4. The van der Waals surface area contributed by atoms with Crippen LogP contribution in [0, 0.1) is 5.92 Å². The number of hydrogen-bond acceptors (Lipinski definition) is 2. The second-order valence-corrected chi connectivity index (χ2v) is 4.48. The Hall–Kier alpha value is -1.78. The molecule has 2 nitrogen and oxygen atoms in total. The topological polar surface area (TPSA) is 26.3 Å². The van der Waals surface area contributed by atoms with Gasteiger partial charge < -0.3 is 4.74 Å². The number of ether oxygens (including phenoxy) is 1. The van der Waals surface area contributed by atoms with Crippen molar-refractivity contribution < 1.29 is 22.7 Å². The van der Waals surface area contributed by atoms with E-state index in [2.05, 4.69) is 0 Å². The Bertz CT molecular complexity index is 462. The van der Waals surface area contributed by atoms with Crippen LogP contribution in [0.15, 0.2) is 30.3 Å². The summed E-state index contributed by atoms with van der Waals surface area (Å²) < 4.78 is 42.3. The number of carbonyl (C=O) groups is 1. The largest absolute Gasteiger partial charge is 0.462 e. The molecule has 0 atom stereocenters. The molecule has 0 unspecified atom stereocenters. The van der Waals surface area contributed by atoms with Crippen molar-refractivity contribution in [3.8, 4) is 0 Å². The highest BCUT2D eigenvalue weighted by molar-refractivity contribution is 5.87. The molecule has 0 spiro atoms. The van der Waals surface area contributed by atoms with E-state index in [1.807, 2.05) is 13.8 Å². The minimum Gasteiger partial charge on any atom is -0.462 e. The summed E-state index contributed by atoms with van der Waals surface area (Å²) in [7, 11) is 0. The summed E-state index contributed by atoms with van der Waals surface area (Å²) in [6, 6.07) is 4.74. The van der Waals surface area contributed by atoms with Crippen LogP contribution >= 0.6 is 0 Å². The maximum absolute atomic E-state index is 12.5. The van der Waals surface area contributed by atoms with E-state index in [0.29, 0.717) is 5.56 Å². The van der Waals surface area contributed by atoms with Gasteiger partial charge in [0, 0.05) is 6.08 Å². The van der Waals surface area contributed by atoms with Gasteiger partial charge in [-0.25, -0.2) is 4.79 Å². The zero-order chi connectivity index (χ0) is 14.5. The molecule has 0 radical (unpaired) electrons. The predicted octanol–water partition coefficient (Wildman–Crippen LogP) is 3.92. The molecule has 104 valence electrons. The van der Waals surface area contributed by atoms with Crippen LogP contribution in [0.4, 0.5) is 13.2 Å². The van der Waals surface area contributed by atoms with Crippen LogP contribution in [-0.2, 0) is 15.7 Å². The van der Waals surface area contributed by atoms with Crippen LogP contribution in [-0.4, -0.2) is 12.6 Å². The first kappa shape index (κ1) is 15.3. The normalized spacial score (nSPS) is 12.1. The van der Waals surface area contributed by atoms with Gasteiger partial charge in [-0.05, 0) is 29.7 Å². The van der Waals surface area contributed by atoms with Gasteiger partial charge >= 0.3 is 12.1 Å². The molecule has 0 N–H and O–H groups in total. The number of alkyl halides is 3. The number of hydrogen-bond donors (Lipinski definition) is 0. The summed E-state index contributed by atoms with van der Waals surface area (Å²) >= 11 is 0. The Balaban J connectivity index is 2.69. The van der Waals surface area contributed by atoms with Crippen LogP contribution in [0.1, 0.15) is 25.0 Å². The average Bonchev–Trinajstić information content (AvgIpc) is 2.33. The van der Waals surface area contributed by atoms with Crippen molar-refractivity contribution in [2.75, 3.05) is 6.61 Å². The molecule has 5 heteroatoms. The lowest BCUT2D eigenvalue weighted by atomic mass is 10.1. The van der Waals surface area contributed by atoms with E-state index >= 15 is 0 Å².